The van der Waals surface area contributed by atoms with Gasteiger partial charge in [-0.05, 0) is 49.2 Å². The second kappa shape index (κ2) is 8.53. The van der Waals surface area contributed by atoms with Crippen LogP contribution in [0.25, 0.3) is 0 Å². The number of anilines is 1. The molecular weight excluding hydrogens is 380 g/mol. The Bertz CT molecular complexity index is 982. The van der Waals surface area contributed by atoms with Gasteiger partial charge in [0.1, 0.15) is 0 Å². The van der Waals surface area contributed by atoms with E-state index in [2.05, 4.69) is 10.0 Å². The zero-order chi connectivity index (χ0) is 20.1. The Balaban J connectivity index is 1.75. The van der Waals surface area contributed by atoms with Gasteiger partial charge in [-0.2, -0.15) is 0 Å². The Morgan fingerprint density at radius 1 is 0.929 bits per heavy atom. The molecule has 28 heavy (non-hydrogen) atoms. The van der Waals surface area contributed by atoms with E-state index in [1.165, 1.54) is 42.5 Å². The maximum Gasteiger partial charge on any atom is 0.335 e. The first-order chi connectivity index (χ1) is 13.3. The number of carboxylic acids is 1. The zero-order valence-electron chi connectivity index (χ0n) is 15.2. The predicted octanol–water partition coefficient (Wildman–Crippen LogP) is 3.25. The van der Waals surface area contributed by atoms with Gasteiger partial charge in [-0.25, -0.2) is 17.9 Å². The van der Waals surface area contributed by atoms with E-state index in [1.54, 1.807) is 6.07 Å². The minimum atomic E-state index is -3.71. The molecule has 0 aromatic heterocycles. The SMILES string of the molecule is O=C(O)c1cccc(NC(=O)c2cccc(S(=O)(=O)NC3CCCCC3)c2)c1. The van der Waals surface area contributed by atoms with E-state index in [-0.39, 0.29) is 22.1 Å². The average Bonchev–Trinajstić information content (AvgIpc) is 2.68. The van der Waals surface area contributed by atoms with Crippen LogP contribution in [0.1, 0.15) is 52.8 Å². The number of hydrogen-bond donors (Lipinski definition) is 3. The van der Waals surface area contributed by atoms with Crippen molar-refractivity contribution in [1.82, 2.24) is 4.72 Å². The summed E-state index contributed by atoms with van der Waals surface area (Å²) in [5, 5.41) is 11.6. The van der Waals surface area contributed by atoms with Gasteiger partial charge in [-0.1, -0.05) is 31.4 Å². The minimum absolute atomic E-state index is 0.0324. The third kappa shape index (κ3) is 4.96. The van der Waals surface area contributed by atoms with Crippen molar-refractivity contribution in [3.63, 3.8) is 0 Å². The number of amides is 1. The number of carbonyl (C=O) groups excluding carboxylic acids is 1. The Hall–Kier alpha value is -2.71. The summed E-state index contributed by atoms with van der Waals surface area (Å²) in [6, 6.07) is 11.6. The molecule has 1 aliphatic rings. The molecular formula is C20H22N2O5S. The van der Waals surface area contributed by atoms with Crippen LogP contribution in [0, 0.1) is 0 Å². The van der Waals surface area contributed by atoms with Crippen molar-refractivity contribution in [1.29, 1.82) is 0 Å². The number of benzene rings is 2. The van der Waals surface area contributed by atoms with Gasteiger partial charge in [-0.3, -0.25) is 4.79 Å². The number of nitrogens with one attached hydrogen (secondary N) is 2. The minimum Gasteiger partial charge on any atom is -0.478 e. The van der Waals surface area contributed by atoms with Crippen LogP contribution < -0.4 is 10.0 Å². The first-order valence-corrected chi connectivity index (χ1v) is 10.6. The number of sulfonamides is 1. The molecule has 148 valence electrons. The van der Waals surface area contributed by atoms with E-state index in [0.29, 0.717) is 5.69 Å². The molecule has 1 fully saturated rings. The lowest BCUT2D eigenvalue weighted by atomic mass is 9.96. The molecule has 2 aromatic rings. The van der Waals surface area contributed by atoms with Crippen LogP contribution in [0.15, 0.2) is 53.4 Å². The summed E-state index contributed by atoms with van der Waals surface area (Å²) in [4.78, 5) is 23.6. The quantitative estimate of drug-likeness (QED) is 0.687. The van der Waals surface area contributed by atoms with Crippen molar-refractivity contribution in [3.05, 3.63) is 59.7 Å². The molecule has 0 heterocycles. The molecule has 0 radical (unpaired) electrons. The summed E-state index contributed by atoms with van der Waals surface area (Å²) >= 11 is 0. The molecule has 3 N–H and O–H groups in total. The van der Waals surface area contributed by atoms with Crippen molar-refractivity contribution in [2.75, 3.05) is 5.32 Å². The van der Waals surface area contributed by atoms with Gasteiger partial charge in [-0.15, -0.1) is 0 Å². The number of hydrogen-bond acceptors (Lipinski definition) is 4. The molecule has 7 nitrogen and oxygen atoms in total. The summed E-state index contributed by atoms with van der Waals surface area (Å²) in [7, 11) is -3.71. The van der Waals surface area contributed by atoms with Crippen molar-refractivity contribution in [2.45, 2.75) is 43.0 Å². The van der Waals surface area contributed by atoms with Gasteiger partial charge in [0, 0.05) is 17.3 Å². The van der Waals surface area contributed by atoms with Gasteiger partial charge in [0.2, 0.25) is 10.0 Å². The van der Waals surface area contributed by atoms with Crippen LogP contribution in [0.3, 0.4) is 0 Å². The highest BCUT2D eigenvalue weighted by atomic mass is 32.2. The molecule has 0 spiro atoms. The van der Waals surface area contributed by atoms with Gasteiger partial charge in [0.05, 0.1) is 10.5 Å². The van der Waals surface area contributed by atoms with Gasteiger partial charge < -0.3 is 10.4 Å². The predicted molar refractivity (Wildman–Crippen MR) is 105 cm³/mol. The van der Waals surface area contributed by atoms with Gasteiger partial charge in [0.25, 0.3) is 5.91 Å². The smallest absolute Gasteiger partial charge is 0.335 e. The lowest BCUT2D eigenvalue weighted by Crippen LogP contribution is -2.36. The van der Waals surface area contributed by atoms with Crippen LogP contribution in [-0.2, 0) is 10.0 Å². The molecule has 8 heteroatoms. The molecule has 1 amide bonds. The Labute approximate surface area is 163 Å². The maximum absolute atomic E-state index is 12.6. The van der Waals surface area contributed by atoms with Crippen LogP contribution in [-0.4, -0.2) is 31.4 Å². The Morgan fingerprint density at radius 3 is 2.32 bits per heavy atom. The van der Waals surface area contributed by atoms with Crippen LogP contribution >= 0.6 is 0 Å². The fraction of sp³-hybridized carbons (Fsp3) is 0.300. The van der Waals surface area contributed by atoms with Crippen LogP contribution in [0.5, 0.6) is 0 Å². The molecule has 0 aliphatic heterocycles. The Kier molecular flexibility index (Phi) is 6.11. The fourth-order valence-electron chi connectivity index (χ4n) is 3.25. The van der Waals surface area contributed by atoms with E-state index in [1.807, 2.05) is 0 Å². The second-order valence-corrected chi connectivity index (χ2v) is 8.54. The maximum atomic E-state index is 12.6. The number of rotatable bonds is 6. The first-order valence-electron chi connectivity index (χ1n) is 9.12. The number of aromatic carboxylic acids is 1. The second-order valence-electron chi connectivity index (χ2n) is 6.82. The lowest BCUT2D eigenvalue weighted by Gasteiger charge is -2.22. The molecule has 0 atom stereocenters. The van der Waals surface area contributed by atoms with Gasteiger partial charge >= 0.3 is 5.97 Å². The van der Waals surface area contributed by atoms with Crippen LogP contribution in [0.2, 0.25) is 0 Å². The summed E-state index contributed by atoms with van der Waals surface area (Å²) in [6.45, 7) is 0. The molecule has 0 unspecified atom stereocenters. The van der Waals surface area contributed by atoms with Crippen molar-refractivity contribution in [2.24, 2.45) is 0 Å². The summed E-state index contributed by atoms with van der Waals surface area (Å²) < 4.78 is 28.0. The molecule has 3 rings (SSSR count). The molecule has 0 saturated heterocycles. The van der Waals surface area contributed by atoms with Crippen molar-refractivity contribution < 1.29 is 23.1 Å². The summed E-state index contributed by atoms with van der Waals surface area (Å²) in [5.41, 5.74) is 0.538. The Morgan fingerprint density at radius 2 is 1.61 bits per heavy atom. The molecule has 2 aromatic carbocycles. The first kappa shape index (κ1) is 20.0. The van der Waals surface area contributed by atoms with E-state index >= 15 is 0 Å². The average molecular weight is 402 g/mol. The molecule has 1 aliphatic carbocycles. The normalized spacial score (nSPS) is 15.1. The third-order valence-corrected chi connectivity index (χ3v) is 6.22. The molecule has 0 bridgehead atoms. The fourth-order valence-corrected chi connectivity index (χ4v) is 4.60. The third-order valence-electron chi connectivity index (χ3n) is 4.70. The number of carboxylic acid groups (broad SMARTS) is 1. The highest BCUT2D eigenvalue weighted by Gasteiger charge is 2.22. The van der Waals surface area contributed by atoms with E-state index in [4.69, 9.17) is 5.11 Å². The standard InChI is InChI=1S/C20H22N2O5S/c23-19(21-17-10-4-7-15(12-17)20(24)25)14-6-5-11-18(13-14)28(26,27)22-16-8-2-1-3-9-16/h4-7,10-13,16,22H,1-3,8-9H2,(H,21,23)(H,24,25). The summed E-state index contributed by atoms with van der Waals surface area (Å²) in [6.07, 6.45) is 4.77. The van der Waals surface area contributed by atoms with E-state index in [9.17, 15) is 18.0 Å². The lowest BCUT2D eigenvalue weighted by molar-refractivity contribution is 0.0696. The topological polar surface area (TPSA) is 113 Å². The zero-order valence-corrected chi connectivity index (χ0v) is 16.0. The molecule has 1 saturated carbocycles. The highest BCUT2D eigenvalue weighted by molar-refractivity contribution is 7.89. The highest BCUT2D eigenvalue weighted by Crippen LogP contribution is 2.21. The van der Waals surface area contributed by atoms with E-state index < -0.39 is 21.9 Å². The van der Waals surface area contributed by atoms with E-state index in [0.717, 1.165) is 32.1 Å². The summed E-state index contributed by atoms with van der Waals surface area (Å²) in [5.74, 6) is -1.62. The van der Waals surface area contributed by atoms with Crippen molar-refractivity contribution in [3.8, 4) is 0 Å². The van der Waals surface area contributed by atoms with Gasteiger partial charge in [0.15, 0.2) is 0 Å². The monoisotopic (exact) mass is 402 g/mol. The van der Waals surface area contributed by atoms with Crippen LogP contribution in [0.4, 0.5) is 5.69 Å². The largest absolute Gasteiger partial charge is 0.478 e. The number of carbonyl (C=O) groups is 2. The van der Waals surface area contributed by atoms with Crippen molar-refractivity contribution >= 4 is 27.6 Å².